The van der Waals surface area contributed by atoms with Gasteiger partial charge in [0.15, 0.2) is 5.69 Å². The van der Waals surface area contributed by atoms with Crippen molar-refractivity contribution in [3.05, 3.63) is 77.6 Å². The summed E-state index contributed by atoms with van der Waals surface area (Å²) in [7, 11) is 0. The summed E-state index contributed by atoms with van der Waals surface area (Å²) < 4.78 is 1.67. The average molecular weight is 346 g/mol. The monoisotopic (exact) mass is 346 g/mol. The number of amides is 2. The highest BCUT2D eigenvalue weighted by atomic mass is 16.2. The van der Waals surface area contributed by atoms with E-state index in [4.69, 9.17) is 0 Å². The number of anilines is 1. The third-order valence-corrected chi connectivity index (χ3v) is 4.44. The minimum Gasteiger partial charge on any atom is -0.344 e. The number of nitrogens with zero attached hydrogens (tertiary/aromatic N) is 2. The number of nitrogens with one attached hydrogen (secondary N) is 2. The molecule has 2 amide bonds. The minimum absolute atomic E-state index is 0.000269. The molecule has 2 aromatic carbocycles. The first-order chi connectivity index (χ1) is 12.6. The zero-order valence-corrected chi connectivity index (χ0v) is 14.3. The highest BCUT2D eigenvalue weighted by Crippen LogP contribution is 2.26. The topological polar surface area (TPSA) is 76.0 Å². The molecule has 1 aromatic heterocycles. The number of fused-ring (bicyclic) bond motifs is 1. The fourth-order valence-corrected chi connectivity index (χ4v) is 3.04. The lowest BCUT2D eigenvalue weighted by molar-refractivity contribution is -0.115. The molecule has 130 valence electrons. The molecule has 0 saturated heterocycles. The van der Waals surface area contributed by atoms with Gasteiger partial charge in [-0.05, 0) is 42.3 Å². The van der Waals surface area contributed by atoms with E-state index in [9.17, 15) is 9.59 Å². The van der Waals surface area contributed by atoms with Gasteiger partial charge in [0.1, 0.15) is 0 Å². The molecule has 3 aromatic rings. The smallest absolute Gasteiger partial charge is 0.272 e. The van der Waals surface area contributed by atoms with E-state index >= 15 is 0 Å². The molecule has 4 rings (SSSR count). The molecule has 1 aliphatic rings. The van der Waals surface area contributed by atoms with Gasteiger partial charge in [-0.2, -0.15) is 5.10 Å². The molecule has 6 heteroatoms. The van der Waals surface area contributed by atoms with E-state index in [0.29, 0.717) is 12.1 Å². The lowest BCUT2D eigenvalue weighted by Crippen LogP contribution is -2.27. The van der Waals surface area contributed by atoms with E-state index in [1.54, 1.807) is 16.9 Å². The van der Waals surface area contributed by atoms with Crippen LogP contribution in [0.3, 0.4) is 0 Å². The van der Waals surface area contributed by atoms with Crippen LogP contribution in [0.4, 0.5) is 5.69 Å². The summed E-state index contributed by atoms with van der Waals surface area (Å²) in [4.78, 5) is 24.0. The first kappa shape index (κ1) is 16.1. The summed E-state index contributed by atoms with van der Waals surface area (Å²) in [6.07, 6.45) is 2.15. The molecule has 0 radical (unpaired) electrons. The van der Waals surface area contributed by atoms with Crippen molar-refractivity contribution >= 4 is 17.5 Å². The molecule has 26 heavy (non-hydrogen) atoms. The number of benzene rings is 2. The summed E-state index contributed by atoms with van der Waals surface area (Å²) in [5.41, 5.74) is 4.02. The second-order valence-electron chi connectivity index (χ2n) is 6.32. The van der Waals surface area contributed by atoms with Gasteiger partial charge in [0.05, 0.1) is 18.2 Å². The predicted molar refractivity (Wildman–Crippen MR) is 98.2 cm³/mol. The van der Waals surface area contributed by atoms with Gasteiger partial charge in [-0.15, -0.1) is 0 Å². The Kier molecular flexibility index (Phi) is 4.01. The normalized spacial score (nSPS) is 13.8. The van der Waals surface area contributed by atoms with Crippen LogP contribution < -0.4 is 10.6 Å². The van der Waals surface area contributed by atoms with E-state index < -0.39 is 0 Å². The largest absolute Gasteiger partial charge is 0.344 e. The highest BCUT2D eigenvalue weighted by Gasteiger charge is 2.20. The summed E-state index contributed by atoms with van der Waals surface area (Å²) in [6, 6.07) is 16.9. The summed E-state index contributed by atoms with van der Waals surface area (Å²) in [6.45, 7) is 1.91. The second-order valence-corrected chi connectivity index (χ2v) is 6.32. The molecule has 0 aliphatic carbocycles. The van der Waals surface area contributed by atoms with Gasteiger partial charge in [-0.3, -0.25) is 9.59 Å². The van der Waals surface area contributed by atoms with Crippen LogP contribution in [-0.4, -0.2) is 21.6 Å². The van der Waals surface area contributed by atoms with Crippen molar-refractivity contribution in [2.24, 2.45) is 0 Å². The molecular weight excluding hydrogens is 328 g/mol. The number of carbonyl (C=O) groups is 2. The van der Waals surface area contributed by atoms with E-state index in [0.717, 1.165) is 22.5 Å². The summed E-state index contributed by atoms with van der Waals surface area (Å²) >= 11 is 0. The van der Waals surface area contributed by atoms with Crippen molar-refractivity contribution in [1.29, 1.82) is 0 Å². The molecular formula is C20H18N4O2. The Morgan fingerprint density at radius 3 is 2.81 bits per heavy atom. The van der Waals surface area contributed by atoms with Crippen molar-refractivity contribution in [1.82, 2.24) is 15.1 Å². The summed E-state index contributed by atoms with van der Waals surface area (Å²) in [5.74, 6) is -0.234. The molecule has 6 nitrogen and oxygen atoms in total. The second kappa shape index (κ2) is 6.48. The van der Waals surface area contributed by atoms with Crippen molar-refractivity contribution in [2.75, 3.05) is 5.32 Å². The Labute approximate surface area is 150 Å². The van der Waals surface area contributed by atoms with Gasteiger partial charge in [-0.25, -0.2) is 4.68 Å². The Morgan fingerprint density at radius 2 is 2.00 bits per heavy atom. The van der Waals surface area contributed by atoms with Crippen molar-refractivity contribution in [3.63, 3.8) is 0 Å². The van der Waals surface area contributed by atoms with Gasteiger partial charge in [0.2, 0.25) is 5.91 Å². The molecule has 0 spiro atoms. The number of para-hydroxylation sites is 1. The molecule has 0 fully saturated rings. The quantitative estimate of drug-likeness (QED) is 0.763. The average Bonchev–Trinajstić information content (AvgIpc) is 3.27. The van der Waals surface area contributed by atoms with Gasteiger partial charge in [0.25, 0.3) is 5.91 Å². The molecule has 2 N–H and O–H groups in total. The van der Waals surface area contributed by atoms with Crippen LogP contribution in [0.2, 0.25) is 0 Å². The van der Waals surface area contributed by atoms with Gasteiger partial charge in [0, 0.05) is 11.9 Å². The van der Waals surface area contributed by atoms with Gasteiger partial charge < -0.3 is 10.6 Å². The zero-order chi connectivity index (χ0) is 18.1. The van der Waals surface area contributed by atoms with Gasteiger partial charge >= 0.3 is 0 Å². The molecule has 2 heterocycles. The Bertz CT molecular complexity index is 978. The maximum absolute atomic E-state index is 12.5. The SMILES string of the molecule is CC(NC(=O)c1ccn(-c2ccccc2)n1)c1ccc2c(c1)CC(=O)N2. The number of aromatic nitrogens is 2. The number of hydrogen-bond acceptors (Lipinski definition) is 3. The molecule has 1 aliphatic heterocycles. The third-order valence-electron chi connectivity index (χ3n) is 4.44. The fourth-order valence-electron chi connectivity index (χ4n) is 3.04. The van der Waals surface area contributed by atoms with Crippen LogP contribution in [0.15, 0.2) is 60.8 Å². The Balaban J connectivity index is 1.48. The first-order valence-corrected chi connectivity index (χ1v) is 8.45. The lowest BCUT2D eigenvalue weighted by atomic mass is 10.0. The maximum atomic E-state index is 12.5. The Morgan fingerprint density at radius 1 is 1.19 bits per heavy atom. The van der Waals surface area contributed by atoms with E-state index in [1.807, 2.05) is 55.5 Å². The summed E-state index contributed by atoms with van der Waals surface area (Å²) in [5, 5.41) is 10.1. The van der Waals surface area contributed by atoms with Crippen LogP contribution >= 0.6 is 0 Å². The molecule has 0 bridgehead atoms. The van der Waals surface area contributed by atoms with Crippen LogP contribution in [0.5, 0.6) is 0 Å². The van der Waals surface area contributed by atoms with Crippen LogP contribution in [0, 0.1) is 0 Å². The van der Waals surface area contributed by atoms with Crippen LogP contribution in [0.25, 0.3) is 5.69 Å². The van der Waals surface area contributed by atoms with Crippen molar-refractivity contribution in [2.45, 2.75) is 19.4 Å². The third kappa shape index (κ3) is 3.09. The lowest BCUT2D eigenvalue weighted by Gasteiger charge is -2.14. The number of rotatable bonds is 4. The maximum Gasteiger partial charge on any atom is 0.272 e. The van der Waals surface area contributed by atoms with Gasteiger partial charge in [-0.1, -0.05) is 30.3 Å². The zero-order valence-electron chi connectivity index (χ0n) is 14.3. The van der Waals surface area contributed by atoms with Crippen molar-refractivity contribution in [3.8, 4) is 5.69 Å². The van der Waals surface area contributed by atoms with E-state index in [1.165, 1.54) is 0 Å². The fraction of sp³-hybridized carbons (Fsp3) is 0.150. The highest BCUT2D eigenvalue weighted by molar-refractivity contribution is 5.99. The van der Waals surface area contributed by atoms with E-state index in [2.05, 4.69) is 15.7 Å². The van der Waals surface area contributed by atoms with E-state index in [-0.39, 0.29) is 17.9 Å². The minimum atomic E-state index is -0.234. The van der Waals surface area contributed by atoms with Crippen LogP contribution in [0.1, 0.15) is 34.6 Å². The molecule has 0 saturated carbocycles. The molecule has 1 atom stereocenters. The standard InChI is InChI=1S/C20H18N4O2/c1-13(14-7-8-17-15(11-14)12-19(25)22-17)21-20(26)18-9-10-24(23-18)16-5-3-2-4-6-16/h2-11,13H,12H2,1H3,(H,21,26)(H,22,25). The predicted octanol–water partition coefficient (Wildman–Crippen LogP) is 2.86. The Hall–Kier alpha value is -3.41. The van der Waals surface area contributed by atoms with Crippen LogP contribution in [-0.2, 0) is 11.2 Å². The molecule has 1 unspecified atom stereocenters. The number of hydrogen-bond donors (Lipinski definition) is 2. The first-order valence-electron chi connectivity index (χ1n) is 8.45. The number of carbonyl (C=O) groups excluding carboxylic acids is 2. The van der Waals surface area contributed by atoms with Crippen molar-refractivity contribution < 1.29 is 9.59 Å².